The van der Waals surface area contributed by atoms with Crippen molar-refractivity contribution in [1.82, 2.24) is 10.2 Å². The topological polar surface area (TPSA) is 110 Å². The average Bonchev–Trinajstić information content (AvgIpc) is 2.97. The maximum atomic E-state index is 12.5. The summed E-state index contributed by atoms with van der Waals surface area (Å²) in [5.41, 5.74) is 3.38. The number of carbonyl (C=O) groups excluding carboxylic acids is 3. The van der Waals surface area contributed by atoms with Gasteiger partial charge in [-0.15, -0.1) is 0 Å². The van der Waals surface area contributed by atoms with E-state index in [1.54, 1.807) is 0 Å². The van der Waals surface area contributed by atoms with Crippen LogP contribution in [-0.2, 0) is 17.6 Å². The third-order valence-corrected chi connectivity index (χ3v) is 5.72. The number of fused-ring (bicyclic) bond motifs is 2. The van der Waals surface area contributed by atoms with Crippen LogP contribution in [0.5, 0.6) is 0 Å². The van der Waals surface area contributed by atoms with Gasteiger partial charge in [0.15, 0.2) is 0 Å². The van der Waals surface area contributed by atoms with Gasteiger partial charge in [0.1, 0.15) is 6.54 Å². The lowest BCUT2D eigenvalue weighted by Gasteiger charge is -2.21. The van der Waals surface area contributed by atoms with Gasteiger partial charge in [0.05, 0.1) is 22.1 Å². The number of nitrogens with zero attached hydrogens (tertiary/aromatic N) is 2. The van der Waals surface area contributed by atoms with Crippen molar-refractivity contribution in [3.05, 3.63) is 74.3 Å². The van der Waals surface area contributed by atoms with E-state index in [2.05, 4.69) is 17.4 Å². The van der Waals surface area contributed by atoms with E-state index in [0.717, 1.165) is 35.8 Å². The van der Waals surface area contributed by atoms with Crippen molar-refractivity contribution in [2.75, 3.05) is 6.54 Å². The second-order valence-corrected chi connectivity index (χ2v) is 7.71. The van der Waals surface area contributed by atoms with Crippen LogP contribution >= 0.6 is 0 Å². The minimum Gasteiger partial charge on any atom is -0.348 e. The number of benzene rings is 2. The Labute approximate surface area is 173 Å². The van der Waals surface area contributed by atoms with Crippen LogP contribution in [0.3, 0.4) is 0 Å². The fraction of sp³-hybridized carbons (Fsp3) is 0.318. The van der Waals surface area contributed by atoms with Gasteiger partial charge in [0.2, 0.25) is 5.91 Å². The van der Waals surface area contributed by atoms with Crippen molar-refractivity contribution in [1.29, 1.82) is 0 Å². The third-order valence-electron chi connectivity index (χ3n) is 5.72. The van der Waals surface area contributed by atoms with Crippen molar-refractivity contribution in [3.63, 3.8) is 0 Å². The zero-order chi connectivity index (χ0) is 21.4. The van der Waals surface area contributed by atoms with E-state index >= 15 is 0 Å². The first-order valence-electron chi connectivity index (χ1n) is 9.91. The van der Waals surface area contributed by atoms with E-state index in [0.29, 0.717) is 0 Å². The molecule has 0 radical (unpaired) electrons. The predicted molar refractivity (Wildman–Crippen MR) is 108 cm³/mol. The number of non-ortho nitro benzene ring substituents is 1. The summed E-state index contributed by atoms with van der Waals surface area (Å²) in [6.45, 7) is 1.42. The summed E-state index contributed by atoms with van der Waals surface area (Å²) in [4.78, 5) is 48.7. The minimum atomic E-state index is -0.699. The molecule has 0 unspecified atom stereocenters. The lowest BCUT2D eigenvalue weighted by atomic mass is 9.89. The van der Waals surface area contributed by atoms with Gasteiger partial charge in [-0.1, -0.05) is 18.2 Å². The molecule has 30 heavy (non-hydrogen) atoms. The normalized spacial score (nSPS) is 16.1. The predicted octanol–water partition coefficient (Wildman–Crippen LogP) is 2.95. The molecule has 2 aromatic carbocycles. The van der Waals surface area contributed by atoms with E-state index in [4.69, 9.17) is 0 Å². The summed E-state index contributed by atoms with van der Waals surface area (Å²) in [6, 6.07) is 9.43. The van der Waals surface area contributed by atoms with Gasteiger partial charge in [-0.2, -0.15) is 0 Å². The SMILES string of the molecule is C[C@@H](NC(=O)CN1C(=O)c2ccc([N+](=O)[O-])cc2C1=O)c1ccc2c(c1)CCCC2. The highest BCUT2D eigenvalue weighted by atomic mass is 16.6. The quantitative estimate of drug-likeness (QED) is 0.466. The van der Waals surface area contributed by atoms with E-state index in [9.17, 15) is 24.5 Å². The number of nitro groups is 1. The lowest BCUT2D eigenvalue weighted by Crippen LogP contribution is -2.41. The maximum absolute atomic E-state index is 12.5. The zero-order valence-corrected chi connectivity index (χ0v) is 16.5. The average molecular weight is 407 g/mol. The van der Waals surface area contributed by atoms with Crippen molar-refractivity contribution >= 4 is 23.4 Å². The standard InChI is InChI=1S/C22H21N3O5/c1-13(15-7-6-14-4-2-3-5-16(14)10-15)23-20(26)12-24-21(27)18-9-8-17(25(29)30)11-19(18)22(24)28/h6-11,13H,2-5,12H2,1H3,(H,23,26)/t13-/m1/s1. The summed E-state index contributed by atoms with van der Waals surface area (Å²) < 4.78 is 0. The molecule has 8 heteroatoms. The van der Waals surface area contributed by atoms with E-state index in [1.165, 1.54) is 29.7 Å². The van der Waals surface area contributed by atoms with E-state index < -0.39 is 29.2 Å². The Morgan fingerprint density at radius 1 is 1.07 bits per heavy atom. The molecule has 1 aliphatic carbocycles. The highest BCUT2D eigenvalue weighted by Crippen LogP contribution is 2.27. The van der Waals surface area contributed by atoms with Gasteiger partial charge < -0.3 is 5.32 Å². The Kier molecular flexibility index (Phi) is 5.07. The number of nitro benzene ring substituents is 1. The van der Waals surface area contributed by atoms with E-state index in [1.807, 2.05) is 13.0 Å². The summed E-state index contributed by atoms with van der Waals surface area (Å²) in [5, 5.41) is 13.8. The number of rotatable bonds is 5. The van der Waals surface area contributed by atoms with Crippen molar-refractivity contribution in [2.45, 2.75) is 38.6 Å². The minimum absolute atomic E-state index is 0.0512. The molecule has 0 bridgehead atoms. The molecule has 0 fully saturated rings. The number of hydrogen-bond donors (Lipinski definition) is 1. The van der Waals surface area contributed by atoms with Gasteiger partial charge in [-0.25, -0.2) is 0 Å². The molecule has 1 atom stereocenters. The molecule has 0 aromatic heterocycles. The monoisotopic (exact) mass is 407 g/mol. The van der Waals surface area contributed by atoms with Crippen LogP contribution in [0.15, 0.2) is 36.4 Å². The Hall–Kier alpha value is -3.55. The number of amides is 3. The van der Waals surface area contributed by atoms with Crippen LogP contribution in [0.4, 0.5) is 5.69 Å². The van der Waals surface area contributed by atoms with Crippen LogP contribution in [-0.4, -0.2) is 34.1 Å². The molecule has 1 N–H and O–H groups in total. The second-order valence-electron chi connectivity index (χ2n) is 7.71. The molecule has 2 aliphatic rings. The summed E-state index contributed by atoms with van der Waals surface area (Å²) in [6.07, 6.45) is 4.47. The van der Waals surface area contributed by atoms with Crippen LogP contribution in [0, 0.1) is 10.1 Å². The first kappa shape index (κ1) is 19.8. The van der Waals surface area contributed by atoms with Gasteiger partial charge in [0.25, 0.3) is 17.5 Å². The Morgan fingerprint density at radius 3 is 2.50 bits per heavy atom. The van der Waals surface area contributed by atoms with Crippen molar-refractivity contribution in [3.8, 4) is 0 Å². The van der Waals surface area contributed by atoms with Crippen molar-refractivity contribution < 1.29 is 19.3 Å². The number of nitrogens with one attached hydrogen (secondary N) is 1. The lowest BCUT2D eigenvalue weighted by molar-refractivity contribution is -0.384. The largest absolute Gasteiger partial charge is 0.348 e. The van der Waals surface area contributed by atoms with Crippen LogP contribution in [0.25, 0.3) is 0 Å². The first-order chi connectivity index (χ1) is 14.3. The second kappa shape index (κ2) is 7.70. The molecule has 2 aromatic rings. The van der Waals surface area contributed by atoms with Gasteiger partial charge in [-0.3, -0.25) is 29.4 Å². The molecule has 4 rings (SSSR count). The number of imide groups is 1. The zero-order valence-electron chi connectivity index (χ0n) is 16.5. The van der Waals surface area contributed by atoms with E-state index in [-0.39, 0.29) is 22.9 Å². The Balaban J connectivity index is 1.44. The maximum Gasteiger partial charge on any atom is 0.270 e. The van der Waals surface area contributed by atoms with Gasteiger partial charge in [0, 0.05) is 12.1 Å². The number of carbonyl (C=O) groups is 3. The Bertz CT molecular complexity index is 1080. The van der Waals surface area contributed by atoms with Crippen LogP contribution in [0.1, 0.15) is 63.2 Å². The molecule has 154 valence electrons. The van der Waals surface area contributed by atoms with Crippen LogP contribution in [0.2, 0.25) is 0 Å². The molecule has 8 nitrogen and oxygen atoms in total. The highest BCUT2D eigenvalue weighted by Gasteiger charge is 2.38. The third kappa shape index (κ3) is 3.56. The molecule has 1 aliphatic heterocycles. The molecule has 0 saturated carbocycles. The Morgan fingerprint density at radius 2 is 1.77 bits per heavy atom. The fourth-order valence-corrected chi connectivity index (χ4v) is 4.07. The summed E-state index contributed by atoms with van der Waals surface area (Å²) in [5.74, 6) is -1.79. The fourth-order valence-electron chi connectivity index (χ4n) is 4.07. The first-order valence-corrected chi connectivity index (χ1v) is 9.91. The molecular formula is C22H21N3O5. The molecule has 1 heterocycles. The molecule has 0 spiro atoms. The van der Waals surface area contributed by atoms with Crippen molar-refractivity contribution in [2.24, 2.45) is 0 Å². The van der Waals surface area contributed by atoms with Crippen LogP contribution < -0.4 is 5.32 Å². The summed E-state index contributed by atoms with van der Waals surface area (Å²) in [7, 11) is 0. The number of aryl methyl sites for hydroxylation is 2. The summed E-state index contributed by atoms with van der Waals surface area (Å²) >= 11 is 0. The molecule has 0 saturated heterocycles. The molecular weight excluding hydrogens is 386 g/mol. The smallest absolute Gasteiger partial charge is 0.270 e. The molecule has 3 amide bonds. The highest BCUT2D eigenvalue weighted by molar-refractivity contribution is 6.22. The van der Waals surface area contributed by atoms with Gasteiger partial charge >= 0.3 is 0 Å². The number of hydrogen-bond acceptors (Lipinski definition) is 5. The van der Waals surface area contributed by atoms with Gasteiger partial charge in [-0.05, 0) is 55.4 Å².